The van der Waals surface area contributed by atoms with Crippen LogP contribution in [-0.2, 0) is 27.5 Å². The van der Waals surface area contributed by atoms with Gasteiger partial charge in [-0.25, -0.2) is 0 Å². The van der Waals surface area contributed by atoms with E-state index in [1.807, 2.05) is 65.6 Å². The highest BCUT2D eigenvalue weighted by Gasteiger charge is 2.33. The number of ether oxygens (including phenoxy) is 1. The summed E-state index contributed by atoms with van der Waals surface area (Å²) >= 11 is 0. The van der Waals surface area contributed by atoms with Crippen LogP contribution < -0.4 is 0 Å². The number of benzene rings is 2. The van der Waals surface area contributed by atoms with E-state index in [2.05, 4.69) is 0 Å². The predicted molar refractivity (Wildman–Crippen MR) is 91.1 cm³/mol. The average molecular weight is 323 g/mol. The zero-order valence-corrected chi connectivity index (χ0v) is 13.6. The van der Waals surface area contributed by atoms with E-state index in [-0.39, 0.29) is 24.4 Å². The first kappa shape index (κ1) is 16.4. The molecular weight excluding hydrogens is 302 g/mol. The number of hydrogen-bond donors (Lipinski definition) is 0. The van der Waals surface area contributed by atoms with Crippen molar-refractivity contribution in [3.63, 3.8) is 0 Å². The molecule has 1 atom stereocenters. The van der Waals surface area contributed by atoms with E-state index in [1.54, 1.807) is 0 Å². The lowest BCUT2D eigenvalue weighted by atomic mass is 10.0. The fraction of sp³-hybridized carbons (Fsp3) is 0.300. The molecule has 124 valence electrons. The average Bonchev–Trinajstić information content (AvgIpc) is 2.62. The van der Waals surface area contributed by atoms with Crippen LogP contribution in [-0.4, -0.2) is 29.2 Å². The molecule has 1 saturated heterocycles. The van der Waals surface area contributed by atoms with Crippen LogP contribution in [0, 0.1) is 0 Å². The Kier molecular flexibility index (Phi) is 5.39. The zero-order valence-electron chi connectivity index (χ0n) is 13.6. The van der Waals surface area contributed by atoms with Gasteiger partial charge >= 0.3 is 5.97 Å². The quantitative estimate of drug-likeness (QED) is 0.794. The number of ketones is 1. The van der Waals surface area contributed by atoms with Crippen molar-refractivity contribution in [2.45, 2.75) is 32.0 Å². The topological polar surface area (TPSA) is 46.6 Å². The molecule has 1 aliphatic rings. The summed E-state index contributed by atoms with van der Waals surface area (Å²) in [7, 11) is 0. The maximum Gasteiger partial charge on any atom is 0.323 e. The van der Waals surface area contributed by atoms with Crippen molar-refractivity contribution in [1.82, 2.24) is 4.90 Å². The standard InChI is InChI=1S/C20H21NO3/c22-18-11-12-19(20(23)24-15-17-9-5-2-6-10-17)21(14-18)13-16-7-3-1-4-8-16/h1-10,19H,11-15H2/t19-/m0/s1. The normalized spacial score (nSPS) is 18.3. The molecule has 0 amide bonds. The summed E-state index contributed by atoms with van der Waals surface area (Å²) in [6.45, 7) is 1.15. The van der Waals surface area contributed by atoms with Gasteiger partial charge in [-0.1, -0.05) is 60.7 Å². The smallest absolute Gasteiger partial charge is 0.323 e. The van der Waals surface area contributed by atoms with Crippen LogP contribution in [0.4, 0.5) is 0 Å². The van der Waals surface area contributed by atoms with Crippen molar-refractivity contribution in [3.05, 3.63) is 71.8 Å². The molecular formula is C20H21NO3. The second-order valence-electron chi connectivity index (χ2n) is 6.08. The third-order valence-electron chi connectivity index (χ3n) is 4.24. The first-order valence-corrected chi connectivity index (χ1v) is 8.22. The van der Waals surface area contributed by atoms with Crippen LogP contribution in [0.3, 0.4) is 0 Å². The molecule has 24 heavy (non-hydrogen) atoms. The molecule has 0 radical (unpaired) electrons. The van der Waals surface area contributed by atoms with Gasteiger partial charge in [0, 0.05) is 13.0 Å². The van der Waals surface area contributed by atoms with Gasteiger partial charge in [0.2, 0.25) is 0 Å². The molecule has 2 aromatic carbocycles. The van der Waals surface area contributed by atoms with Crippen molar-refractivity contribution in [2.24, 2.45) is 0 Å². The van der Waals surface area contributed by atoms with E-state index < -0.39 is 0 Å². The number of Topliss-reactive ketones (excluding diaryl/α,β-unsaturated/α-hetero) is 1. The van der Waals surface area contributed by atoms with Crippen LogP contribution in [0.2, 0.25) is 0 Å². The number of likely N-dealkylation sites (tertiary alicyclic amines) is 1. The predicted octanol–water partition coefficient (Wildman–Crippen LogP) is 2.96. The number of nitrogens with zero attached hydrogens (tertiary/aromatic N) is 1. The molecule has 4 nitrogen and oxygen atoms in total. The minimum absolute atomic E-state index is 0.179. The number of carbonyl (C=O) groups excluding carboxylic acids is 2. The third kappa shape index (κ3) is 4.30. The fourth-order valence-corrected chi connectivity index (χ4v) is 2.97. The van der Waals surface area contributed by atoms with Crippen molar-refractivity contribution in [1.29, 1.82) is 0 Å². The Bertz CT molecular complexity index is 685. The number of esters is 1. The number of rotatable bonds is 5. The lowest BCUT2D eigenvalue weighted by Gasteiger charge is -2.33. The summed E-state index contributed by atoms with van der Waals surface area (Å²) in [5, 5.41) is 0. The molecule has 1 aliphatic heterocycles. The molecule has 0 unspecified atom stereocenters. The second kappa shape index (κ2) is 7.88. The fourth-order valence-electron chi connectivity index (χ4n) is 2.97. The SMILES string of the molecule is O=C1CC[C@@H](C(=O)OCc2ccccc2)N(Cc2ccccc2)C1. The Balaban J connectivity index is 1.64. The number of carbonyl (C=O) groups is 2. The molecule has 1 heterocycles. The van der Waals surface area contributed by atoms with Gasteiger partial charge in [0.15, 0.2) is 0 Å². The van der Waals surface area contributed by atoms with E-state index in [0.717, 1.165) is 11.1 Å². The Morgan fingerprint density at radius 1 is 1.00 bits per heavy atom. The monoisotopic (exact) mass is 323 g/mol. The molecule has 0 bridgehead atoms. The first-order valence-electron chi connectivity index (χ1n) is 8.22. The molecule has 0 N–H and O–H groups in total. The minimum Gasteiger partial charge on any atom is -0.460 e. The second-order valence-corrected chi connectivity index (χ2v) is 6.08. The van der Waals surface area contributed by atoms with Crippen molar-refractivity contribution in [2.75, 3.05) is 6.54 Å². The zero-order chi connectivity index (χ0) is 16.8. The minimum atomic E-state index is -0.355. The van der Waals surface area contributed by atoms with Gasteiger partial charge in [0.05, 0.1) is 6.54 Å². The number of hydrogen-bond acceptors (Lipinski definition) is 4. The van der Waals surface area contributed by atoms with Crippen LogP contribution in [0.1, 0.15) is 24.0 Å². The van der Waals surface area contributed by atoms with E-state index in [0.29, 0.717) is 25.9 Å². The molecule has 1 fully saturated rings. The maximum absolute atomic E-state index is 12.5. The summed E-state index contributed by atoms with van der Waals surface area (Å²) in [6.07, 6.45) is 0.968. The van der Waals surface area contributed by atoms with Crippen molar-refractivity contribution < 1.29 is 14.3 Å². The molecule has 0 aliphatic carbocycles. The van der Waals surface area contributed by atoms with Gasteiger partial charge in [-0.15, -0.1) is 0 Å². The lowest BCUT2D eigenvalue weighted by Crippen LogP contribution is -2.48. The highest BCUT2D eigenvalue weighted by molar-refractivity contribution is 5.85. The van der Waals surface area contributed by atoms with Crippen LogP contribution >= 0.6 is 0 Å². The van der Waals surface area contributed by atoms with Crippen LogP contribution in [0.5, 0.6) is 0 Å². The van der Waals surface area contributed by atoms with Crippen molar-refractivity contribution in [3.8, 4) is 0 Å². The molecule has 0 saturated carbocycles. The Morgan fingerprint density at radius 3 is 2.29 bits per heavy atom. The Hall–Kier alpha value is -2.46. The largest absolute Gasteiger partial charge is 0.460 e. The molecule has 2 aromatic rings. The lowest BCUT2D eigenvalue weighted by molar-refractivity contribution is -0.154. The van der Waals surface area contributed by atoms with Crippen LogP contribution in [0.15, 0.2) is 60.7 Å². The molecule has 0 aromatic heterocycles. The summed E-state index contributed by atoms with van der Waals surface area (Å²) in [4.78, 5) is 26.2. The third-order valence-corrected chi connectivity index (χ3v) is 4.24. The van der Waals surface area contributed by atoms with Gasteiger partial charge in [0.1, 0.15) is 18.4 Å². The highest BCUT2D eigenvalue weighted by atomic mass is 16.5. The first-order chi connectivity index (χ1) is 11.7. The van der Waals surface area contributed by atoms with Crippen LogP contribution in [0.25, 0.3) is 0 Å². The van der Waals surface area contributed by atoms with Gasteiger partial charge in [0.25, 0.3) is 0 Å². The van der Waals surface area contributed by atoms with E-state index in [9.17, 15) is 9.59 Å². The number of piperidine rings is 1. The van der Waals surface area contributed by atoms with Gasteiger partial charge in [-0.3, -0.25) is 14.5 Å². The van der Waals surface area contributed by atoms with Gasteiger partial charge < -0.3 is 4.74 Å². The van der Waals surface area contributed by atoms with Crippen molar-refractivity contribution >= 4 is 11.8 Å². The molecule has 4 heteroatoms. The Labute approximate surface area is 142 Å². The molecule has 3 rings (SSSR count). The van der Waals surface area contributed by atoms with Gasteiger partial charge in [-0.05, 0) is 17.5 Å². The van der Waals surface area contributed by atoms with E-state index >= 15 is 0 Å². The Morgan fingerprint density at radius 2 is 1.62 bits per heavy atom. The summed E-state index contributed by atoms with van der Waals surface area (Å²) in [6, 6.07) is 19.2. The van der Waals surface area contributed by atoms with E-state index in [1.165, 1.54) is 0 Å². The maximum atomic E-state index is 12.5. The van der Waals surface area contributed by atoms with E-state index in [4.69, 9.17) is 4.74 Å². The summed E-state index contributed by atoms with van der Waals surface area (Å²) < 4.78 is 5.48. The summed E-state index contributed by atoms with van der Waals surface area (Å²) in [5.74, 6) is -0.0691. The van der Waals surface area contributed by atoms with Gasteiger partial charge in [-0.2, -0.15) is 0 Å². The molecule has 0 spiro atoms. The highest BCUT2D eigenvalue weighted by Crippen LogP contribution is 2.19. The summed E-state index contributed by atoms with van der Waals surface area (Å²) in [5.41, 5.74) is 2.06.